The van der Waals surface area contributed by atoms with Crippen LogP contribution < -0.4 is 14.2 Å². The molecule has 0 bridgehead atoms. The summed E-state index contributed by atoms with van der Waals surface area (Å²) in [5.41, 5.74) is 1.13. The van der Waals surface area contributed by atoms with Crippen molar-refractivity contribution in [1.82, 2.24) is 0 Å². The minimum atomic E-state index is 0.293. The lowest BCUT2D eigenvalue weighted by Crippen LogP contribution is -2.03. The van der Waals surface area contributed by atoms with Crippen LogP contribution in [0.15, 0.2) is 12.1 Å². The van der Waals surface area contributed by atoms with E-state index in [1.807, 2.05) is 12.1 Å². The molecule has 2 fully saturated rings. The van der Waals surface area contributed by atoms with Crippen LogP contribution in [0.4, 0.5) is 0 Å². The highest BCUT2D eigenvalue weighted by molar-refractivity contribution is 9.09. The molecule has 0 amide bonds. The van der Waals surface area contributed by atoms with E-state index in [9.17, 15) is 0 Å². The lowest BCUT2D eigenvalue weighted by atomic mass is 10.0. The van der Waals surface area contributed by atoms with E-state index in [1.165, 1.54) is 25.7 Å². The van der Waals surface area contributed by atoms with Crippen molar-refractivity contribution < 1.29 is 14.2 Å². The van der Waals surface area contributed by atoms with Gasteiger partial charge in [-0.25, -0.2) is 0 Å². The molecular formula is C17H23BrO3. The molecule has 21 heavy (non-hydrogen) atoms. The number of benzene rings is 1. The van der Waals surface area contributed by atoms with Crippen molar-refractivity contribution in [3.8, 4) is 17.2 Å². The maximum absolute atomic E-state index is 5.59. The second-order valence-corrected chi connectivity index (χ2v) is 7.02. The first-order chi connectivity index (χ1) is 10.2. The first kappa shape index (κ1) is 15.0. The van der Waals surface area contributed by atoms with E-state index in [4.69, 9.17) is 14.2 Å². The largest absolute Gasteiger partial charge is 0.496 e. The van der Waals surface area contributed by atoms with Crippen LogP contribution in [0.3, 0.4) is 0 Å². The Bertz CT molecular complexity index is 480. The molecule has 2 saturated carbocycles. The van der Waals surface area contributed by atoms with Gasteiger partial charge in [-0.2, -0.15) is 0 Å². The highest BCUT2D eigenvalue weighted by Gasteiger charge is 2.54. The molecule has 0 aliphatic heterocycles. The molecule has 1 aromatic carbocycles. The van der Waals surface area contributed by atoms with E-state index in [1.54, 1.807) is 21.3 Å². The van der Waals surface area contributed by atoms with E-state index >= 15 is 0 Å². The molecule has 1 aromatic rings. The lowest BCUT2D eigenvalue weighted by Gasteiger charge is -2.19. The van der Waals surface area contributed by atoms with Gasteiger partial charge in [0.25, 0.3) is 0 Å². The summed E-state index contributed by atoms with van der Waals surface area (Å²) in [6, 6.07) is 3.89. The molecule has 0 saturated heterocycles. The third-order valence-corrected chi connectivity index (χ3v) is 6.16. The van der Waals surface area contributed by atoms with Gasteiger partial charge in [0.2, 0.25) is 0 Å². The first-order valence-corrected chi connectivity index (χ1v) is 8.56. The highest BCUT2D eigenvalue weighted by Crippen LogP contribution is 2.64. The summed E-state index contributed by atoms with van der Waals surface area (Å²) in [7, 11) is 5.07. The fourth-order valence-corrected chi connectivity index (χ4v) is 5.21. The van der Waals surface area contributed by atoms with Crippen LogP contribution in [0.5, 0.6) is 17.2 Å². The van der Waals surface area contributed by atoms with Crippen molar-refractivity contribution in [1.29, 1.82) is 0 Å². The van der Waals surface area contributed by atoms with Gasteiger partial charge >= 0.3 is 0 Å². The van der Waals surface area contributed by atoms with Crippen LogP contribution in [-0.4, -0.2) is 21.3 Å². The summed E-state index contributed by atoms with van der Waals surface area (Å²) in [4.78, 5) is 0.293. The Hall–Kier alpha value is -0.900. The Balaban J connectivity index is 1.93. The third kappa shape index (κ3) is 2.63. The van der Waals surface area contributed by atoms with Crippen LogP contribution in [-0.2, 0) is 0 Å². The summed E-state index contributed by atoms with van der Waals surface area (Å²) >= 11 is 3.93. The first-order valence-electron chi connectivity index (χ1n) is 7.65. The molecule has 0 N–H and O–H groups in total. The van der Waals surface area contributed by atoms with Gasteiger partial charge in [0, 0.05) is 12.1 Å². The quantitative estimate of drug-likeness (QED) is 0.724. The number of halogens is 1. The lowest BCUT2D eigenvalue weighted by molar-refractivity contribution is 0.366. The predicted molar refractivity (Wildman–Crippen MR) is 86.7 cm³/mol. The minimum Gasteiger partial charge on any atom is -0.496 e. The molecule has 0 aromatic heterocycles. The number of alkyl halides is 1. The molecule has 3 atom stereocenters. The van der Waals surface area contributed by atoms with Gasteiger partial charge in [0.1, 0.15) is 17.2 Å². The maximum atomic E-state index is 5.59. The summed E-state index contributed by atoms with van der Waals surface area (Å²) < 4.78 is 16.5. The Labute approximate surface area is 135 Å². The number of rotatable bonds is 5. The zero-order chi connectivity index (χ0) is 15.0. The Morgan fingerprint density at radius 3 is 1.90 bits per heavy atom. The van der Waals surface area contributed by atoms with Crippen LogP contribution in [0, 0.1) is 17.8 Å². The van der Waals surface area contributed by atoms with Gasteiger partial charge < -0.3 is 14.2 Å². The van der Waals surface area contributed by atoms with Crippen molar-refractivity contribution in [3.63, 3.8) is 0 Å². The number of methoxy groups -OCH3 is 3. The SMILES string of the molecule is COc1cc(OC)c(C(Br)C2C3CCCCC32)c(OC)c1. The van der Waals surface area contributed by atoms with Crippen LogP contribution in [0.1, 0.15) is 36.1 Å². The standard InChI is InChI=1S/C17H23BrO3/c1-19-10-8-13(20-2)16(14(9-10)21-3)17(18)15-11-6-4-5-7-12(11)15/h8-9,11-12,15,17H,4-7H2,1-3H3. The average Bonchev–Trinajstić information content (AvgIpc) is 3.27. The van der Waals surface area contributed by atoms with E-state index < -0.39 is 0 Å². The minimum absolute atomic E-state index is 0.293. The molecular weight excluding hydrogens is 332 g/mol. The van der Waals surface area contributed by atoms with Gasteiger partial charge in [0.15, 0.2) is 0 Å². The summed E-state index contributed by atoms with van der Waals surface area (Å²) in [6.45, 7) is 0. The van der Waals surface area contributed by atoms with Crippen LogP contribution >= 0.6 is 15.9 Å². The van der Waals surface area contributed by atoms with Crippen molar-refractivity contribution in [2.45, 2.75) is 30.5 Å². The zero-order valence-corrected chi connectivity index (χ0v) is 14.5. The fraction of sp³-hybridized carbons (Fsp3) is 0.647. The van der Waals surface area contributed by atoms with Gasteiger partial charge in [0.05, 0.1) is 31.7 Å². The molecule has 0 spiro atoms. The van der Waals surface area contributed by atoms with Crippen molar-refractivity contribution >= 4 is 15.9 Å². The van der Waals surface area contributed by atoms with Gasteiger partial charge in [-0.05, 0) is 30.6 Å². The molecule has 2 aliphatic rings. The Morgan fingerprint density at radius 2 is 1.48 bits per heavy atom. The number of fused-ring (bicyclic) bond motifs is 1. The zero-order valence-electron chi connectivity index (χ0n) is 12.9. The molecule has 3 nitrogen and oxygen atoms in total. The van der Waals surface area contributed by atoms with Crippen molar-refractivity contribution in [2.75, 3.05) is 21.3 Å². The molecule has 2 aliphatic carbocycles. The smallest absolute Gasteiger partial charge is 0.130 e. The number of ether oxygens (including phenoxy) is 3. The second-order valence-electron chi connectivity index (χ2n) is 6.04. The molecule has 4 heteroatoms. The average molecular weight is 355 g/mol. The number of hydrogen-bond acceptors (Lipinski definition) is 3. The fourth-order valence-electron chi connectivity index (χ4n) is 3.98. The van der Waals surface area contributed by atoms with Crippen molar-refractivity contribution in [3.05, 3.63) is 17.7 Å². The Kier molecular flexibility index (Phi) is 4.34. The molecule has 3 rings (SSSR count). The molecule has 0 heterocycles. The van der Waals surface area contributed by atoms with Gasteiger partial charge in [-0.1, -0.05) is 28.8 Å². The van der Waals surface area contributed by atoms with E-state index in [0.717, 1.165) is 34.6 Å². The molecule has 0 radical (unpaired) electrons. The van der Waals surface area contributed by atoms with Gasteiger partial charge in [-0.15, -0.1) is 0 Å². The Morgan fingerprint density at radius 1 is 0.952 bits per heavy atom. The maximum Gasteiger partial charge on any atom is 0.130 e. The second kappa shape index (κ2) is 6.07. The normalized spacial score (nSPS) is 28.5. The monoisotopic (exact) mass is 354 g/mol. The van der Waals surface area contributed by atoms with Crippen LogP contribution in [0.25, 0.3) is 0 Å². The highest BCUT2D eigenvalue weighted by atomic mass is 79.9. The summed E-state index contributed by atoms with van der Waals surface area (Å²) in [5.74, 6) is 4.91. The van der Waals surface area contributed by atoms with Crippen molar-refractivity contribution in [2.24, 2.45) is 17.8 Å². The summed E-state index contributed by atoms with van der Waals surface area (Å²) in [5, 5.41) is 0. The van der Waals surface area contributed by atoms with Gasteiger partial charge in [-0.3, -0.25) is 0 Å². The van der Waals surface area contributed by atoms with E-state index in [-0.39, 0.29) is 0 Å². The predicted octanol–water partition coefficient (Wildman–Crippen LogP) is 4.58. The van der Waals surface area contributed by atoms with E-state index in [0.29, 0.717) is 10.7 Å². The number of hydrogen-bond donors (Lipinski definition) is 0. The van der Waals surface area contributed by atoms with Crippen LogP contribution in [0.2, 0.25) is 0 Å². The molecule has 3 unspecified atom stereocenters. The third-order valence-electron chi connectivity index (χ3n) is 5.09. The van der Waals surface area contributed by atoms with E-state index in [2.05, 4.69) is 15.9 Å². The summed E-state index contributed by atoms with van der Waals surface area (Å²) in [6.07, 6.45) is 5.51. The molecule has 116 valence electrons. The topological polar surface area (TPSA) is 27.7 Å².